The van der Waals surface area contributed by atoms with Crippen molar-refractivity contribution in [2.45, 2.75) is 18.9 Å². The summed E-state index contributed by atoms with van der Waals surface area (Å²) in [6.07, 6.45) is 1.39. The van der Waals surface area contributed by atoms with Crippen LogP contribution >= 0.6 is 0 Å². The number of benzene rings is 2. The average Bonchev–Trinajstić information content (AvgIpc) is 2.89. The van der Waals surface area contributed by atoms with Gasteiger partial charge in [-0.2, -0.15) is 0 Å². The summed E-state index contributed by atoms with van der Waals surface area (Å²) >= 11 is 0. The van der Waals surface area contributed by atoms with Gasteiger partial charge in [-0.15, -0.1) is 0 Å². The van der Waals surface area contributed by atoms with Crippen LogP contribution in [-0.4, -0.2) is 23.6 Å². The summed E-state index contributed by atoms with van der Waals surface area (Å²) in [6.45, 7) is 0.852. The lowest BCUT2D eigenvalue weighted by atomic mass is 9.94. The van der Waals surface area contributed by atoms with E-state index in [2.05, 4.69) is 0 Å². The molecule has 2 heterocycles. The lowest BCUT2D eigenvalue weighted by Gasteiger charge is -2.19. The van der Waals surface area contributed by atoms with Crippen LogP contribution in [0.4, 0.5) is 0 Å². The number of phenolic OH excluding ortho intramolecular Hbond substituents is 2. The number of phenols is 2. The summed E-state index contributed by atoms with van der Waals surface area (Å²) in [4.78, 5) is 0. The molecule has 2 aromatic rings. The second-order valence-corrected chi connectivity index (χ2v) is 5.51. The number of hydrogen-bond donors (Lipinski definition) is 2. The number of aryl methyl sites for hydroxylation is 1. The molecule has 0 saturated heterocycles. The highest BCUT2D eigenvalue weighted by Gasteiger charge is 2.25. The molecule has 1 atom stereocenters. The second-order valence-electron chi connectivity index (χ2n) is 5.51. The van der Waals surface area contributed by atoms with E-state index in [4.69, 9.17) is 14.2 Å². The van der Waals surface area contributed by atoms with Gasteiger partial charge in [0.05, 0.1) is 0 Å². The Balaban J connectivity index is 1.80. The number of aromatic hydroxyl groups is 2. The van der Waals surface area contributed by atoms with E-state index in [1.807, 2.05) is 18.2 Å². The van der Waals surface area contributed by atoms with Crippen LogP contribution < -0.4 is 9.47 Å². The van der Waals surface area contributed by atoms with E-state index >= 15 is 0 Å². The van der Waals surface area contributed by atoms with E-state index in [1.165, 1.54) is 0 Å². The Kier molecular flexibility index (Phi) is 3.08. The van der Waals surface area contributed by atoms with Crippen LogP contribution in [0, 0.1) is 0 Å². The van der Waals surface area contributed by atoms with Gasteiger partial charge in [0.2, 0.25) is 6.79 Å². The van der Waals surface area contributed by atoms with Crippen molar-refractivity contribution in [3.8, 4) is 23.0 Å². The van der Waals surface area contributed by atoms with Crippen LogP contribution in [0.3, 0.4) is 0 Å². The fraction of sp³-hybridized carbons (Fsp3) is 0.294. The zero-order chi connectivity index (χ0) is 15.1. The van der Waals surface area contributed by atoms with Gasteiger partial charge in [-0.1, -0.05) is 6.07 Å². The fourth-order valence-electron chi connectivity index (χ4n) is 3.00. The Labute approximate surface area is 127 Å². The van der Waals surface area contributed by atoms with Crippen molar-refractivity contribution >= 4 is 0 Å². The van der Waals surface area contributed by atoms with Crippen molar-refractivity contribution in [1.82, 2.24) is 0 Å². The molecule has 2 N–H and O–H groups in total. The Morgan fingerprint density at radius 2 is 1.77 bits per heavy atom. The minimum absolute atomic E-state index is 0.0925. The van der Waals surface area contributed by atoms with Gasteiger partial charge in [-0.05, 0) is 53.8 Å². The highest BCUT2D eigenvalue weighted by atomic mass is 16.7. The van der Waals surface area contributed by atoms with E-state index in [9.17, 15) is 10.2 Å². The van der Waals surface area contributed by atoms with E-state index < -0.39 is 0 Å². The number of hydrogen-bond acceptors (Lipinski definition) is 5. The first-order chi connectivity index (χ1) is 10.7. The van der Waals surface area contributed by atoms with E-state index in [-0.39, 0.29) is 24.4 Å². The Bertz CT molecular complexity index is 725. The minimum Gasteiger partial charge on any atom is -0.504 e. The molecule has 2 aliphatic heterocycles. The maximum atomic E-state index is 9.84. The van der Waals surface area contributed by atoms with Gasteiger partial charge >= 0.3 is 0 Å². The Morgan fingerprint density at radius 1 is 0.955 bits per heavy atom. The normalized spacial score (nSPS) is 19.5. The molecule has 0 aromatic heterocycles. The molecule has 1 unspecified atom stereocenters. The van der Waals surface area contributed by atoms with Crippen molar-refractivity contribution in [2.24, 2.45) is 0 Å². The predicted octanol–water partition coefficient (Wildman–Crippen LogP) is 2.88. The van der Waals surface area contributed by atoms with Crippen molar-refractivity contribution < 1.29 is 24.4 Å². The lowest BCUT2D eigenvalue weighted by Crippen LogP contribution is -2.06. The van der Waals surface area contributed by atoms with Gasteiger partial charge < -0.3 is 24.4 Å². The predicted molar refractivity (Wildman–Crippen MR) is 78.5 cm³/mol. The third kappa shape index (κ3) is 2.14. The molecule has 114 valence electrons. The van der Waals surface area contributed by atoms with Gasteiger partial charge in [0, 0.05) is 6.61 Å². The fourth-order valence-corrected chi connectivity index (χ4v) is 3.00. The van der Waals surface area contributed by atoms with Gasteiger partial charge in [-0.3, -0.25) is 0 Å². The summed E-state index contributed by atoms with van der Waals surface area (Å²) in [6, 6.07) is 8.93. The van der Waals surface area contributed by atoms with Crippen LogP contribution in [0.1, 0.15) is 29.2 Å². The Morgan fingerprint density at radius 3 is 2.68 bits per heavy atom. The zero-order valence-corrected chi connectivity index (χ0v) is 11.9. The van der Waals surface area contributed by atoms with Crippen molar-refractivity contribution in [3.05, 3.63) is 47.0 Å². The largest absolute Gasteiger partial charge is 0.504 e. The molecule has 0 spiro atoms. The molecule has 22 heavy (non-hydrogen) atoms. The molecule has 0 fully saturated rings. The molecule has 0 aliphatic carbocycles. The van der Waals surface area contributed by atoms with Gasteiger partial charge in [0.1, 0.15) is 6.10 Å². The zero-order valence-electron chi connectivity index (χ0n) is 11.9. The van der Waals surface area contributed by atoms with Crippen LogP contribution in [-0.2, 0) is 11.2 Å². The number of fused-ring (bicyclic) bond motifs is 2. The topological polar surface area (TPSA) is 68.2 Å². The maximum Gasteiger partial charge on any atom is 0.231 e. The number of rotatable bonds is 1. The lowest BCUT2D eigenvalue weighted by molar-refractivity contribution is 0.0839. The molecule has 5 nitrogen and oxygen atoms in total. The highest BCUT2D eigenvalue weighted by molar-refractivity contribution is 5.51. The molecule has 4 rings (SSSR count). The first-order valence-corrected chi connectivity index (χ1v) is 7.28. The van der Waals surface area contributed by atoms with Crippen LogP contribution in [0.25, 0.3) is 0 Å². The Hall–Kier alpha value is -2.40. The first kappa shape index (κ1) is 13.3. The number of ether oxygens (including phenoxy) is 3. The van der Waals surface area contributed by atoms with Crippen molar-refractivity contribution in [2.75, 3.05) is 13.4 Å². The summed E-state index contributed by atoms with van der Waals surface area (Å²) < 4.78 is 16.7. The monoisotopic (exact) mass is 300 g/mol. The van der Waals surface area contributed by atoms with Gasteiger partial charge in [0.15, 0.2) is 23.0 Å². The summed E-state index contributed by atoms with van der Waals surface area (Å²) in [7, 11) is 0. The third-order valence-electron chi connectivity index (χ3n) is 4.09. The third-order valence-corrected chi connectivity index (χ3v) is 4.09. The summed E-state index contributed by atoms with van der Waals surface area (Å²) in [5.74, 6) is 1.21. The molecule has 0 bridgehead atoms. The van der Waals surface area contributed by atoms with Crippen molar-refractivity contribution in [3.63, 3.8) is 0 Å². The van der Waals surface area contributed by atoms with Crippen LogP contribution in [0.5, 0.6) is 23.0 Å². The van der Waals surface area contributed by atoms with Gasteiger partial charge in [0.25, 0.3) is 0 Å². The van der Waals surface area contributed by atoms with Crippen molar-refractivity contribution in [1.29, 1.82) is 0 Å². The quantitative estimate of drug-likeness (QED) is 0.793. The standard InChI is InChI=1S/C17H16O5/c18-13-6-10-2-1-5-20-17(12(10)8-14(13)19)11-3-4-15-16(7-11)22-9-21-15/h3-4,6-8,17-19H,1-2,5,9H2. The average molecular weight is 300 g/mol. The first-order valence-electron chi connectivity index (χ1n) is 7.28. The summed E-state index contributed by atoms with van der Waals surface area (Å²) in [5.41, 5.74) is 2.82. The van der Waals surface area contributed by atoms with Gasteiger partial charge in [-0.25, -0.2) is 0 Å². The molecule has 2 aromatic carbocycles. The molecule has 5 heteroatoms. The van der Waals surface area contributed by atoms with Crippen LogP contribution in [0.2, 0.25) is 0 Å². The van der Waals surface area contributed by atoms with E-state index in [0.717, 1.165) is 35.3 Å². The molecule has 0 saturated carbocycles. The van der Waals surface area contributed by atoms with E-state index in [1.54, 1.807) is 12.1 Å². The maximum absolute atomic E-state index is 9.84. The molecular formula is C17H16O5. The molecule has 0 amide bonds. The van der Waals surface area contributed by atoms with E-state index in [0.29, 0.717) is 12.4 Å². The molecule has 0 radical (unpaired) electrons. The highest BCUT2D eigenvalue weighted by Crippen LogP contribution is 2.41. The van der Waals surface area contributed by atoms with Crippen LogP contribution in [0.15, 0.2) is 30.3 Å². The minimum atomic E-state index is -0.293. The smallest absolute Gasteiger partial charge is 0.231 e. The SMILES string of the molecule is Oc1cc2c(cc1O)C(c1ccc3c(c1)OCO3)OCCC2. The second kappa shape index (κ2) is 5.10. The molecular weight excluding hydrogens is 284 g/mol. The summed E-state index contributed by atoms with van der Waals surface area (Å²) in [5, 5.41) is 19.6. The molecule has 2 aliphatic rings.